The van der Waals surface area contributed by atoms with Crippen molar-refractivity contribution >= 4 is 0 Å². The van der Waals surface area contributed by atoms with Crippen LogP contribution in [-0.2, 0) is 0 Å². The highest BCUT2D eigenvalue weighted by Gasteiger charge is 2.21. The lowest BCUT2D eigenvalue weighted by Gasteiger charge is -2.37. The maximum atomic E-state index is 3.57. The summed E-state index contributed by atoms with van der Waals surface area (Å²) in [7, 11) is 2.23. The Hall–Kier alpha value is -0.120. The second-order valence-electron chi connectivity index (χ2n) is 5.28. The van der Waals surface area contributed by atoms with E-state index in [-0.39, 0.29) is 0 Å². The molecular formula is C12H25N3. The average molecular weight is 211 g/mol. The van der Waals surface area contributed by atoms with Gasteiger partial charge < -0.3 is 10.2 Å². The molecule has 0 amide bonds. The summed E-state index contributed by atoms with van der Waals surface area (Å²) in [5, 5.41) is 3.57. The van der Waals surface area contributed by atoms with Gasteiger partial charge in [-0.1, -0.05) is 0 Å². The fourth-order valence-corrected chi connectivity index (χ4v) is 2.19. The molecule has 88 valence electrons. The maximum absolute atomic E-state index is 3.57. The smallest absolute Gasteiger partial charge is 0.0192 e. The molecule has 15 heavy (non-hydrogen) atoms. The summed E-state index contributed by atoms with van der Waals surface area (Å²) in [6.07, 6.45) is 2.91. The monoisotopic (exact) mass is 211 g/mol. The van der Waals surface area contributed by atoms with Crippen LogP contribution in [0.1, 0.15) is 19.8 Å². The van der Waals surface area contributed by atoms with Crippen LogP contribution in [0.5, 0.6) is 0 Å². The zero-order valence-corrected chi connectivity index (χ0v) is 10.2. The maximum Gasteiger partial charge on any atom is 0.0192 e. The quantitative estimate of drug-likeness (QED) is 0.673. The van der Waals surface area contributed by atoms with E-state index >= 15 is 0 Å². The van der Waals surface area contributed by atoms with Gasteiger partial charge in [0.1, 0.15) is 0 Å². The Morgan fingerprint density at radius 3 is 2.73 bits per heavy atom. The predicted octanol–water partition coefficient (Wildman–Crippen LogP) is 0.622. The van der Waals surface area contributed by atoms with E-state index in [0.717, 1.165) is 12.0 Å². The number of piperazine rings is 1. The van der Waals surface area contributed by atoms with Gasteiger partial charge in [0.2, 0.25) is 0 Å². The Morgan fingerprint density at radius 1 is 1.27 bits per heavy atom. The van der Waals surface area contributed by atoms with E-state index in [0.29, 0.717) is 0 Å². The Balaban J connectivity index is 1.54. The molecule has 1 aliphatic carbocycles. The fraction of sp³-hybridized carbons (Fsp3) is 1.00. The number of hydrogen-bond donors (Lipinski definition) is 1. The van der Waals surface area contributed by atoms with E-state index in [1.807, 2.05) is 0 Å². The zero-order chi connectivity index (χ0) is 10.7. The summed E-state index contributed by atoms with van der Waals surface area (Å²) < 4.78 is 0. The average Bonchev–Trinajstić information content (AvgIpc) is 3.02. The normalized spacial score (nSPS) is 29.6. The first kappa shape index (κ1) is 11.4. The summed E-state index contributed by atoms with van der Waals surface area (Å²) in [4.78, 5) is 5.04. The second kappa shape index (κ2) is 5.28. The number of nitrogens with zero attached hydrogens (tertiary/aromatic N) is 2. The van der Waals surface area contributed by atoms with Gasteiger partial charge in [0.25, 0.3) is 0 Å². The topological polar surface area (TPSA) is 18.5 Å². The molecule has 0 aromatic heterocycles. The fourth-order valence-electron chi connectivity index (χ4n) is 2.19. The van der Waals surface area contributed by atoms with Crippen molar-refractivity contribution in [3.8, 4) is 0 Å². The van der Waals surface area contributed by atoms with Crippen LogP contribution in [0.3, 0.4) is 0 Å². The Kier molecular flexibility index (Phi) is 4.00. The standard InChI is InChI=1S/C12H25N3/c1-11-10-15(8-7-14(11)2)6-5-13-9-12-3-4-12/h11-13H,3-10H2,1-2H3. The predicted molar refractivity (Wildman–Crippen MR) is 64.1 cm³/mol. The number of hydrogen-bond acceptors (Lipinski definition) is 3. The molecule has 2 rings (SSSR count). The third-order valence-corrected chi connectivity index (χ3v) is 3.78. The van der Waals surface area contributed by atoms with Gasteiger partial charge >= 0.3 is 0 Å². The van der Waals surface area contributed by atoms with Gasteiger partial charge in [0, 0.05) is 38.8 Å². The van der Waals surface area contributed by atoms with E-state index < -0.39 is 0 Å². The summed E-state index contributed by atoms with van der Waals surface area (Å²) in [6, 6.07) is 0.724. The van der Waals surface area contributed by atoms with Crippen LogP contribution in [0.4, 0.5) is 0 Å². The largest absolute Gasteiger partial charge is 0.315 e. The molecule has 0 aromatic carbocycles. The number of likely N-dealkylation sites (N-methyl/N-ethyl adjacent to an activating group) is 1. The van der Waals surface area contributed by atoms with E-state index in [2.05, 4.69) is 29.1 Å². The minimum atomic E-state index is 0.724. The molecule has 1 unspecified atom stereocenters. The lowest BCUT2D eigenvalue weighted by atomic mass is 10.2. The van der Waals surface area contributed by atoms with Gasteiger partial charge in [-0.05, 0) is 39.3 Å². The van der Waals surface area contributed by atoms with Gasteiger partial charge in [0.15, 0.2) is 0 Å². The molecule has 0 radical (unpaired) electrons. The number of nitrogens with one attached hydrogen (secondary N) is 1. The Morgan fingerprint density at radius 2 is 2.07 bits per heavy atom. The first-order valence-electron chi connectivity index (χ1n) is 6.39. The summed E-state index contributed by atoms with van der Waals surface area (Å²) in [5.41, 5.74) is 0. The SMILES string of the molecule is CC1CN(CCNCC2CC2)CCN1C. The lowest BCUT2D eigenvalue weighted by molar-refractivity contribution is 0.106. The van der Waals surface area contributed by atoms with Crippen molar-refractivity contribution in [2.45, 2.75) is 25.8 Å². The molecule has 0 spiro atoms. The van der Waals surface area contributed by atoms with Crippen LogP contribution < -0.4 is 5.32 Å². The molecule has 1 aliphatic heterocycles. The van der Waals surface area contributed by atoms with E-state index in [1.54, 1.807) is 0 Å². The first-order chi connectivity index (χ1) is 7.25. The molecule has 0 bridgehead atoms. The highest BCUT2D eigenvalue weighted by atomic mass is 15.3. The van der Waals surface area contributed by atoms with Crippen molar-refractivity contribution in [2.75, 3.05) is 46.3 Å². The molecule has 1 heterocycles. The first-order valence-corrected chi connectivity index (χ1v) is 6.39. The van der Waals surface area contributed by atoms with Crippen molar-refractivity contribution in [1.29, 1.82) is 0 Å². The Bertz CT molecular complexity index is 191. The third-order valence-electron chi connectivity index (χ3n) is 3.78. The van der Waals surface area contributed by atoms with Gasteiger partial charge in [-0.15, -0.1) is 0 Å². The van der Waals surface area contributed by atoms with E-state index in [4.69, 9.17) is 0 Å². The van der Waals surface area contributed by atoms with Crippen molar-refractivity contribution in [3.63, 3.8) is 0 Å². The Labute approximate surface area is 93.8 Å². The van der Waals surface area contributed by atoms with Crippen molar-refractivity contribution < 1.29 is 0 Å². The van der Waals surface area contributed by atoms with Crippen LogP contribution in [0.2, 0.25) is 0 Å². The van der Waals surface area contributed by atoms with Crippen LogP contribution in [0.25, 0.3) is 0 Å². The molecule has 0 aromatic rings. The van der Waals surface area contributed by atoms with Crippen LogP contribution in [-0.4, -0.2) is 62.2 Å². The minimum Gasteiger partial charge on any atom is -0.315 e. The number of rotatable bonds is 5. The van der Waals surface area contributed by atoms with E-state index in [9.17, 15) is 0 Å². The van der Waals surface area contributed by atoms with Crippen molar-refractivity contribution in [1.82, 2.24) is 15.1 Å². The second-order valence-corrected chi connectivity index (χ2v) is 5.28. The zero-order valence-electron chi connectivity index (χ0n) is 10.2. The van der Waals surface area contributed by atoms with Gasteiger partial charge in [0.05, 0.1) is 0 Å². The van der Waals surface area contributed by atoms with Crippen molar-refractivity contribution in [2.24, 2.45) is 5.92 Å². The van der Waals surface area contributed by atoms with Gasteiger partial charge in [-0.25, -0.2) is 0 Å². The van der Waals surface area contributed by atoms with Crippen molar-refractivity contribution in [3.05, 3.63) is 0 Å². The molecule has 1 saturated carbocycles. The van der Waals surface area contributed by atoms with Crippen LogP contribution in [0, 0.1) is 5.92 Å². The van der Waals surface area contributed by atoms with Crippen LogP contribution >= 0.6 is 0 Å². The summed E-state index contributed by atoms with van der Waals surface area (Å²) >= 11 is 0. The summed E-state index contributed by atoms with van der Waals surface area (Å²) in [5.74, 6) is 1.01. The lowest BCUT2D eigenvalue weighted by Crippen LogP contribution is -2.51. The van der Waals surface area contributed by atoms with Gasteiger partial charge in [-0.2, -0.15) is 0 Å². The minimum absolute atomic E-state index is 0.724. The molecule has 3 heteroatoms. The molecule has 1 saturated heterocycles. The molecule has 2 aliphatic rings. The highest BCUT2D eigenvalue weighted by Crippen LogP contribution is 2.27. The molecule has 2 fully saturated rings. The van der Waals surface area contributed by atoms with Gasteiger partial charge in [-0.3, -0.25) is 4.90 Å². The molecule has 1 N–H and O–H groups in total. The molecule has 1 atom stereocenters. The third kappa shape index (κ3) is 3.74. The summed E-state index contributed by atoms with van der Waals surface area (Å²) in [6.45, 7) is 9.68. The highest BCUT2D eigenvalue weighted by molar-refractivity contribution is 4.78. The van der Waals surface area contributed by atoms with Crippen LogP contribution in [0.15, 0.2) is 0 Å². The molecular weight excluding hydrogens is 186 g/mol. The van der Waals surface area contributed by atoms with E-state index in [1.165, 1.54) is 52.1 Å². The molecule has 3 nitrogen and oxygen atoms in total.